The lowest BCUT2D eigenvalue weighted by molar-refractivity contribution is 0.990. The van der Waals surface area contributed by atoms with Crippen molar-refractivity contribution in [2.24, 2.45) is 0 Å². The summed E-state index contributed by atoms with van der Waals surface area (Å²) >= 11 is 0. The lowest BCUT2D eigenvalue weighted by Gasteiger charge is -2.34. The van der Waals surface area contributed by atoms with Crippen LogP contribution in [0.25, 0.3) is 50.0 Å². The van der Waals surface area contributed by atoms with Gasteiger partial charge in [0.05, 0.1) is 11.0 Å². The van der Waals surface area contributed by atoms with E-state index in [1.165, 1.54) is 42.6 Å². The zero-order valence-electron chi connectivity index (χ0n) is 27.4. The number of aromatic nitrogens is 3. The molecule has 7 aromatic carbocycles. The molecule has 9 rings (SSSR count). The van der Waals surface area contributed by atoms with Crippen LogP contribution in [-0.2, 0) is 0 Å². The first-order valence-corrected chi connectivity index (χ1v) is 19.0. The highest BCUT2D eigenvalue weighted by Crippen LogP contribution is 2.31. The van der Waals surface area contributed by atoms with Gasteiger partial charge in [0.2, 0.25) is 5.95 Å². The Morgan fingerprint density at radius 2 is 0.760 bits per heavy atom. The summed E-state index contributed by atoms with van der Waals surface area (Å²) in [6.07, 6.45) is 3.86. The number of para-hydroxylation sites is 2. The molecule has 2 aromatic heterocycles. The molecule has 0 bridgehead atoms. The minimum atomic E-state index is -2.61. The van der Waals surface area contributed by atoms with Crippen molar-refractivity contribution in [2.75, 3.05) is 0 Å². The van der Waals surface area contributed by atoms with Gasteiger partial charge in [0, 0.05) is 28.7 Å². The van der Waals surface area contributed by atoms with Crippen LogP contribution >= 0.6 is 0 Å². The first-order valence-electron chi connectivity index (χ1n) is 17.0. The highest BCUT2D eigenvalue weighted by Gasteiger charge is 2.41. The Labute approximate surface area is 292 Å². The molecule has 9 aromatic rings. The molecule has 0 aliphatic rings. The largest absolute Gasteiger partial charge is 0.278 e. The molecule has 0 radical (unpaired) electrons. The van der Waals surface area contributed by atoms with E-state index in [0.717, 1.165) is 22.2 Å². The van der Waals surface area contributed by atoms with Crippen LogP contribution in [0.4, 0.5) is 0 Å². The van der Waals surface area contributed by atoms with E-state index in [9.17, 15) is 0 Å². The van der Waals surface area contributed by atoms with Gasteiger partial charge in [-0.3, -0.25) is 4.57 Å². The fourth-order valence-electron chi connectivity index (χ4n) is 7.58. The van der Waals surface area contributed by atoms with Gasteiger partial charge in [-0.25, -0.2) is 9.97 Å². The van der Waals surface area contributed by atoms with Gasteiger partial charge in [-0.15, -0.1) is 0 Å². The van der Waals surface area contributed by atoms with E-state index in [-0.39, 0.29) is 0 Å². The summed E-state index contributed by atoms with van der Waals surface area (Å²) in [5.41, 5.74) is 6.65. The Bertz CT molecular complexity index is 2410. The SMILES string of the molecule is c1ccc([Si](c2ccccc2)(c2ccccc2)c2cccc(-c3ccc(-c4cnc(-n5c6ccccc6c6ccccc65)nc4)cc3)c2)cc1. The maximum Gasteiger partial charge on any atom is 0.234 e. The molecular formula is C46H33N3Si. The smallest absolute Gasteiger partial charge is 0.234 e. The fraction of sp³-hybridized carbons (Fsp3) is 0. The van der Waals surface area contributed by atoms with Crippen molar-refractivity contribution in [3.8, 4) is 28.2 Å². The molecule has 0 fully saturated rings. The minimum Gasteiger partial charge on any atom is -0.278 e. The molecule has 0 saturated carbocycles. The van der Waals surface area contributed by atoms with Gasteiger partial charge in [0.25, 0.3) is 0 Å². The third kappa shape index (κ3) is 4.97. The zero-order valence-corrected chi connectivity index (χ0v) is 28.4. The molecule has 0 amide bonds. The number of fused-ring (bicyclic) bond motifs is 3. The molecule has 0 unspecified atom stereocenters. The van der Waals surface area contributed by atoms with E-state index in [4.69, 9.17) is 9.97 Å². The van der Waals surface area contributed by atoms with Crippen molar-refractivity contribution in [1.82, 2.24) is 14.5 Å². The number of benzene rings is 7. The van der Waals surface area contributed by atoms with Crippen LogP contribution in [0.5, 0.6) is 0 Å². The minimum absolute atomic E-state index is 0.669. The van der Waals surface area contributed by atoms with Crippen LogP contribution in [0.15, 0.2) is 200 Å². The normalized spacial score (nSPS) is 11.6. The van der Waals surface area contributed by atoms with Gasteiger partial charge < -0.3 is 0 Å². The van der Waals surface area contributed by atoms with E-state index in [0.29, 0.717) is 5.95 Å². The highest BCUT2D eigenvalue weighted by molar-refractivity contribution is 7.19. The number of rotatable bonds is 7. The lowest BCUT2D eigenvalue weighted by Crippen LogP contribution is -2.74. The van der Waals surface area contributed by atoms with Gasteiger partial charge in [0.1, 0.15) is 0 Å². The molecule has 0 atom stereocenters. The Kier molecular flexibility index (Phi) is 7.49. The van der Waals surface area contributed by atoms with Crippen LogP contribution in [-0.4, -0.2) is 22.6 Å². The van der Waals surface area contributed by atoms with Crippen molar-refractivity contribution >= 4 is 50.6 Å². The Morgan fingerprint density at radius 3 is 1.26 bits per heavy atom. The molecule has 236 valence electrons. The van der Waals surface area contributed by atoms with E-state index in [1.54, 1.807) is 0 Å². The van der Waals surface area contributed by atoms with Gasteiger partial charge in [-0.05, 0) is 49.6 Å². The molecule has 0 aliphatic heterocycles. The fourth-order valence-corrected chi connectivity index (χ4v) is 12.4. The van der Waals surface area contributed by atoms with E-state index in [1.807, 2.05) is 12.4 Å². The van der Waals surface area contributed by atoms with E-state index < -0.39 is 8.07 Å². The third-order valence-corrected chi connectivity index (χ3v) is 14.7. The van der Waals surface area contributed by atoms with Crippen molar-refractivity contribution < 1.29 is 0 Å². The van der Waals surface area contributed by atoms with Gasteiger partial charge in [0.15, 0.2) is 8.07 Å². The van der Waals surface area contributed by atoms with Crippen molar-refractivity contribution in [3.05, 3.63) is 200 Å². The summed E-state index contributed by atoms with van der Waals surface area (Å²) in [5, 5.41) is 7.87. The van der Waals surface area contributed by atoms with Crippen LogP contribution < -0.4 is 20.7 Å². The summed E-state index contributed by atoms with van der Waals surface area (Å²) in [7, 11) is -2.61. The predicted molar refractivity (Wildman–Crippen MR) is 211 cm³/mol. The monoisotopic (exact) mass is 655 g/mol. The van der Waals surface area contributed by atoms with Crippen molar-refractivity contribution in [1.29, 1.82) is 0 Å². The molecule has 0 N–H and O–H groups in total. The van der Waals surface area contributed by atoms with E-state index >= 15 is 0 Å². The van der Waals surface area contributed by atoms with Gasteiger partial charge in [-0.1, -0.05) is 176 Å². The number of hydrogen-bond donors (Lipinski definition) is 0. The molecule has 2 heterocycles. The third-order valence-electron chi connectivity index (χ3n) is 9.89. The number of hydrogen-bond acceptors (Lipinski definition) is 2. The summed E-state index contributed by atoms with van der Waals surface area (Å²) < 4.78 is 2.15. The molecule has 0 saturated heterocycles. The van der Waals surface area contributed by atoms with Gasteiger partial charge >= 0.3 is 0 Å². The van der Waals surface area contributed by atoms with Crippen molar-refractivity contribution in [2.45, 2.75) is 0 Å². The summed E-state index contributed by atoms with van der Waals surface area (Å²) in [4.78, 5) is 9.72. The first-order chi connectivity index (χ1) is 24.8. The zero-order chi connectivity index (χ0) is 33.3. The Hall–Kier alpha value is -6.36. The molecule has 0 spiro atoms. The maximum atomic E-state index is 4.86. The maximum absolute atomic E-state index is 4.86. The lowest BCUT2D eigenvalue weighted by atomic mass is 10.0. The quantitative estimate of drug-likeness (QED) is 0.128. The second-order valence-corrected chi connectivity index (χ2v) is 16.5. The predicted octanol–water partition coefficient (Wildman–Crippen LogP) is 8.29. The van der Waals surface area contributed by atoms with Gasteiger partial charge in [-0.2, -0.15) is 0 Å². The van der Waals surface area contributed by atoms with Crippen LogP contribution in [0, 0.1) is 0 Å². The van der Waals surface area contributed by atoms with Crippen molar-refractivity contribution in [3.63, 3.8) is 0 Å². The topological polar surface area (TPSA) is 30.7 Å². The average molecular weight is 656 g/mol. The second-order valence-electron chi connectivity index (χ2n) is 12.6. The van der Waals surface area contributed by atoms with E-state index in [2.05, 4.69) is 193 Å². The first kappa shape index (κ1) is 29.8. The summed E-state index contributed by atoms with van der Waals surface area (Å²) in [5.74, 6) is 0.669. The highest BCUT2D eigenvalue weighted by atomic mass is 28.3. The molecule has 0 aliphatic carbocycles. The number of nitrogens with zero attached hydrogens (tertiary/aromatic N) is 3. The molecular weight excluding hydrogens is 623 g/mol. The Balaban J connectivity index is 1.09. The summed E-state index contributed by atoms with van der Waals surface area (Å²) in [6, 6.07) is 68.1. The average Bonchev–Trinajstić information content (AvgIpc) is 3.54. The summed E-state index contributed by atoms with van der Waals surface area (Å²) in [6.45, 7) is 0. The van der Waals surface area contributed by atoms with Crippen LogP contribution in [0.1, 0.15) is 0 Å². The van der Waals surface area contributed by atoms with Crippen LogP contribution in [0.2, 0.25) is 0 Å². The second kappa shape index (κ2) is 12.6. The molecule has 50 heavy (non-hydrogen) atoms. The molecule has 4 heteroatoms. The Morgan fingerprint density at radius 1 is 0.340 bits per heavy atom. The molecule has 3 nitrogen and oxygen atoms in total. The van der Waals surface area contributed by atoms with Crippen LogP contribution in [0.3, 0.4) is 0 Å². The standard InChI is InChI=1S/C46H33N3Si/c1-4-16-38(17-5-1)50(39-18-6-2-7-19-39,40-20-8-3-9-21-40)41-22-14-15-36(31-41)34-27-29-35(30-28-34)37-32-47-46(48-33-37)49-44-25-12-10-23-42(44)43-24-11-13-26-45(43)49/h1-33H.